The standard InChI is InChI=1S/C23H26ClN3O4S/c1-2-32-21-13-19(31-27-21)14-25-22(28)20(12-16-8-10-18(24)11-9-16)26-23(29)30-15-17-6-4-3-5-7-17/h3-11,19-20H,2,12-15H2,1H3,(H,25,28)(H,26,29)/t19?,20-/m0/s1. The summed E-state index contributed by atoms with van der Waals surface area (Å²) in [6, 6.07) is 15.7. The van der Waals surface area contributed by atoms with E-state index in [0.29, 0.717) is 24.4 Å². The fourth-order valence-corrected chi connectivity index (χ4v) is 3.93. The van der Waals surface area contributed by atoms with Crippen molar-refractivity contribution < 1.29 is 19.2 Å². The predicted octanol–water partition coefficient (Wildman–Crippen LogP) is 4.15. The lowest BCUT2D eigenvalue weighted by atomic mass is 10.1. The number of amides is 2. The molecule has 0 saturated heterocycles. The van der Waals surface area contributed by atoms with Crippen molar-refractivity contribution in [3.63, 3.8) is 0 Å². The van der Waals surface area contributed by atoms with E-state index in [1.54, 1.807) is 23.9 Å². The molecule has 0 bridgehead atoms. The minimum atomic E-state index is -0.814. The summed E-state index contributed by atoms with van der Waals surface area (Å²) in [6.45, 7) is 2.47. The van der Waals surface area contributed by atoms with E-state index >= 15 is 0 Å². The zero-order valence-corrected chi connectivity index (χ0v) is 19.3. The van der Waals surface area contributed by atoms with Crippen LogP contribution in [0.2, 0.25) is 5.02 Å². The number of benzene rings is 2. The Labute approximate surface area is 196 Å². The first-order valence-electron chi connectivity index (χ1n) is 10.4. The molecule has 1 aliphatic rings. The first kappa shape index (κ1) is 23.9. The lowest BCUT2D eigenvalue weighted by Crippen LogP contribution is -2.49. The van der Waals surface area contributed by atoms with E-state index in [-0.39, 0.29) is 18.6 Å². The topological polar surface area (TPSA) is 89.0 Å². The molecule has 1 aliphatic heterocycles. The molecule has 9 heteroatoms. The van der Waals surface area contributed by atoms with Gasteiger partial charge in [-0.05, 0) is 29.0 Å². The zero-order chi connectivity index (χ0) is 22.8. The van der Waals surface area contributed by atoms with Crippen molar-refractivity contribution in [1.82, 2.24) is 10.6 Å². The van der Waals surface area contributed by atoms with E-state index in [0.717, 1.165) is 21.9 Å². The molecule has 0 spiro atoms. The van der Waals surface area contributed by atoms with Gasteiger partial charge in [-0.15, -0.1) is 11.8 Å². The highest BCUT2D eigenvalue weighted by Gasteiger charge is 2.26. The third-order valence-corrected chi connectivity index (χ3v) is 5.81. The van der Waals surface area contributed by atoms with Crippen molar-refractivity contribution in [3.8, 4) is 0 Å². The van der Waals surface area contributed by atoms with Gasteiger partial charge in [0.1, 0.15) is 17.7 Å². The van der Waals surface area contributed by atoms with Gasteiger partial charge in [-0.1, -0.05) is 66.1 Å². The van der Waals surface area contributed by atoms with Crippen molar-refractivity contribution in [3.05, 3.63) is 70.7 Å². The number of nitrogens with zero attached hydrogens (tertiary/aromatic N) is 1. The summed E-state index contributed by atoms with van der Waals surface area (Å²) in [5.41, 5.74) is 1.72. The van der Waals surface area contributed by atoms with Crippen molar-refractivity contribution in [2.45, 2.75) is 38.5 Å². The number of hydrogen-bond acceptors (Lipinski definition) is 6. The normalized spacial score (nSPS) is 15.9. The highest BCUT2D eigenvalue weighted by molar-refractivity contribution is 8.13. The molecule has 0 aromatic heterocycles. The van der Waals surface area contributed by atoms with E-state index in [1.807, 2.05) is 49.4 Å². The minimum Gasteiger partial charge on any atom is -0.445 e. The predicted molar refractivity (Wildman–Crippen MR) is 127 cm³/mol. The van der Waals surface area contributed by atoms with Crippen LogP contribution in [0.15, 0.2) is 59.8 Å². The van der Waals surface area contributed by atoms with Gasteiger partial charge in [-0.25, -0.2) is 4.79 Å². The summed E-state index contributed by atoms with van der Waals surface area (Å²) in [5, 5.41) is 11.1. The summed E-state index contributed by atoms with van der Waals surface area (Å²) in [7, 11) is 0. The molecule has 0 aliphatic carbocycles. The average Bonchev–Trinajstić information content (AvgIpc) is 3.25. The van der Waals surface area contributed by atoms with Gasteiger partial charge in [0.05, 0.1) is 6.54 Å². The SMILES string of the molecule is CCSC1=NOC(CNC(=O)[C@H](Cc2ccc(Cl)cc2)NC(=O)OCc2ccccc2)C1. The molecule has 0 saturated carbocycles. The molecule has 3 rings (SSSR count). The maximum atomic E-state index is 12.9. The second kappa shape index (κ2) is 12.4. The Balaban J connectivity index is 1.56. The van der Waals surface area contributed by atoms with Crippen LogP contribution in [0.1, 0.15) is 24.5 Å². The molecule has 1 unspecified atom stereocenters. The third-order valence-electron chi connectivity index (χ3n) is 4.70. The van der Waals surface area contributed by atoms with Gasteiger partial charge in [0.25, 0.3) is 0 Å². The fourth-order valence-electron chi connectivity index (χ4n) is 3.07. The van der Waals surface area contributed by atoms with Gasteiger partial charge in [-0.2, -0.15) is 0 Å². The quantitative estimate of drug-likeness (QED) is 0.568. The number of carbonyl (C=O) groups excluding carboxylic acids is 2. The Morgan fingerprint density at radius 3 is 2.66 bits per heavy atom. The van der Waals surface area contributed by atoms with Crippen LogP contribution in [0.25, 0.3) is 0 Å². The lowest BCUT2D eigenvalue weighted by molar-refractivity contribution is -0.123. The Morgan fingerprint density at radius 2 is 1.94 bits per heavy atom. The number of hydrogen-bond donors (Lipinski definition) is 2. The van der Waals surface area contributed by atoms with Crippen LogP contribution in [0, 0.1) is 0 Å². The molecule has 2 aromatic rings. The number of rotatable bonds is 9. The molecule has 2 aromatic carbocycles. The van der Waals surface area contributed by atoms with Crippen molar-refractivity contribution in [2.75, 3.05) is 12.3 Å². The van der Waals surface area contributed by atoms with Crippen molar-refractivity contribution in [1.29, 1.82) is 0 Å². The largest absolute Gasteiger partial charge is 0.445 e. The molecule has 7 nitrogen and oxygen atoms in total. The maximum Gasteiger partial charge on any atom is 0.408 e. The van der Waals surface area contributed by atoms with Gasteiger partial charge < -0.3 is 20.2 Å². The summed E-state index contributed by atoms with van der Waals surface area (Å²) in [6.07, 6.45) is 0.0783. The maximum absolute atomic E-state index is 12.9. The molecule has 32 heavy (non-hydrogen) atoms. The molecule has 0 radical (unpaired) electrons. The minimum absolute atomic E-state index is 0.118. The number of oxime groups is 1. The van der Waals surface area contributed by atoms with E-state index in [4.69, 9.17) is 21.2 Å². The molecule has 2 atom stereocenters. The number of alkyl carbamates (subject to hydrolysis) is 1. The summed E-state index contributed by atoms with van der Waals surface area (Å²) < 4.78 is 5.29. The second-order valence-corrected chi connectivity index (χ2v) is 8.96. The molecule has 2 N–H and O–H groups in total. The Hall–Kier alpha value is -2.71. The van der Waals surface area contributed by atoms with Crippen molar-refractivity contribution in [2.24, 2.45) is 5.16 Å². The number of ether oxygens (including phenoxy) is 1. The van der Waals surface area contributed by atoms with Gasteiger partial charge in [-0.3, -0.25) is 4.79 Å². The second-order valence-electron chi connectivity index (χ2n) is 7.18. The number of thioether (sulfide) groups is 1. The molecule has 2 amide bonds. The van der Waals surface area contributed by atoms with E-state index in [1.165, 1.54) is 0 Å². The van der Waals surface area contributed by atoms with E-state index in [2.05, 4.69) is 15.8 Å². The smallest absolute Gasteiger partial charge is 0.408 e. The molecule has 1 heterocycles. The first-order valence-corrected chi connectivity index (χ1v) is 11.7. The fraction of sp³-hybridized carbons (Fsp3) is 0.348. The van der Waals surface area contributed by atoms with Crippen LogP contribution < -0.4 is 10.6 Å². The van der Waals surface area contributed by atoms with Crippen LogP contribution in [0.5, 0.6) is 0 Å². The van der Waals surface area contributed by atoms with Crippen LogP contribution in [0.4, 0.5) is 4.79 Å². The molecule has 0 fully saturated rings. The van der Waals surface area contributed by atoms with Crippen LogP contribution in [0.3, 0.4) is 0 Å². The monoisotopic (exact) mass is 475 g/mol. The van der Waals surface area contributed by atoms with Gasteiger partial charge in [0.15, 0.2) is 6.10 Å². The Morgan fingerprint density at radius 1 is 1.19 bits per heavy atom. The van der Waals surface area contributed by atoms with Crippen LogP contribution in [-0.4, -0.2) is 41.5 Å². The van der Waals surface area contributed by atoms with Crippen molar-refractivity contribution >= 4 is 40.4 Å². The third kappa shape index (κ3) is 7.76. The van der Waals surface area contributed by atoms with E-state index < -0.39 is 12.1 Å². The number of nitrogens with one attached hydrogen (secondary N) is 2. The summed E-state index contributed by atoms with van der Waals surface area (Å²) in [5.74, 6) is 0.594. The van der Waals surface area contributed by atoms with Gasteiger partial charge >= 0.3 is 6.09 Å². The Kier molecular flexibility index (Phi) is 9.25. The Bertz CT molecular complexity index is 925. The number of halogens is 1. The highest BCUT2D eigenvalue weighted by atomic mass is 35.5. The first-order chi connectivity index (χ1) is 15.5. The zero-order valence-electron chi connectivity index (χ0n) is 17.8. The van der Waals surface area contributed by atoms with Gasteiger partial charge in [0.2, 0.25) is 5.91 Å². The molecular weight excluding hydrogens is 450 g/mol. The van der Waals surface area contributed by atoms with E-state index in [9.17, 15) is 9.59 Å². The molecule has 170 valence electrons. The summed E-state index contributed by atoms with van der Waals surface area (Å²) in [4.78, 5) is 30.6. The lowest BCUT2D eigenvalue weighted by Gasteiger charge is -2.19. The number of carbonyl (C=O) groups is 2. The van der Waals surface area contributed by atoms with Crippen LogP contribution in [-0.2, 0) is 27.4 Å². The summed E-state index contributed by atoms with van der Waals surface area (Å²) >= 11 is 7.58. The van der Waals surface area contributed by atoms with Crippen LogP contribution >= 0.6 is 23.4 Å². The average molecular weight is 476 g/mol. The highest BCUT2D eigenvalue weighted by Crippen LogP contribution is 2.18. The molecular formula is C23H26ClN3O4S. The van der Waals surface area contributed by atoms with Gasteiger partial charge in [0, 0.05) is 17.9 Å².